The van der Waals surface area contributed by atoms with E-state index in [0.29, 0.717) is 6.42 Å². The molecule has 0 fully saturated rings. The Morgan fingerprint density at radius 2 is 1.79 bits per heavy atom. The quantitative estimate of drug-likeness (QED) is 0.259. The molecule has 1 N–H and O–H groups in total. The first-order valence-corrected chi connectivity index (χ1v) is 10.1. The number of carbonyl (C=O) groups excluding carboxylic acids is 1. The van der Waals surface area contributed by atoms with E-state index < -0.39 is 35.4 Å². The molecule has 0 unspecified atom stereocenters. The first kappa shape index (κ1) is 28.5. The van der Waals surface area contributed by atoms with E-state index in [1.165, 1.54) is 32.4 Å². The maximum Gasteiger partial charge on any atom is 0.430 e. The van der Waals surface area contributed by atoms with Crippen LogP contribution in [0.25, 0.3) is 0 Å². The lowest BCUT2D eigenvalue weighted by Gasteiger charge is -2.34. The third kappa shape index (κ3) is 7.48. The molecular weight excluding hydrogens is 456 g/mol. The minimum Gasteiger partial charge on any atom is -0.492 e. The van der Waals surface area contributed by atoms with E-state index >= 15 is 0 Å². The summed E-state index contributed by atoms with van der Waals surface area (Å²) in [5, 5.41) is 9.83. The Balaban J connectivity index is 3.08. The molecule has 0 aromatic carbocycles. The number of hydrogen-bond donors (Lipinski definition) is 1. The van der Waals surface area contributed by atoms with Crippen molar-refractivity contribution in [2.24, 2.45) is 5.92 Å². The van der Waals surface area contributed by atoms with Crippen molar-refractivity contribution in [1.29, 1.82) is 0 Å². The summed E-state index contributed by atoms with van der Waals surface area (Å²) in [5.74, 6) is -0.911. The minimum atomic E-state index is -5.97. The van der Waals surface area contributed by atoms with Crippen molar-refractivity contribution in [3.8, 4) is 5.75 Å². The normalized spacial score (nSPS) is 14.8. The molecule has 1 heterocycles. The van der Waals surface area contributed by atoms with Crippen LogP contribution in [0.4, 0.5) is 26.3 Å². The summed E-state index contributed by atoms with van der Waals surface area (Å²) in [5.41, 5.74) is -5.96. The van der Waals surface area contributed by atoms with Crippen LogP contribution in [0.5, 0.6) is 5.75 Å². The minimum absolute atomic E-state index is 0.0401. The highest BCUT2D eigenvalue weighted by Gasteiger charge is 2.71. The molecule has 0 bridgehead atoms. The van der Waals surface area contributed by atoms with Gasteiger partial charge in [0.15, 0.2) is 0 Å². The first-order chi connectivity index (χ1) is 15.2. The van der Waals surface area contributed by atoms with Gasteiger partial charge in [0.2, 0.25) is 0 Å². The molecule has 33 heavy (non-hydrogen) atoms. The van der Waals surface area contributed by atoms with Crippen LogP contribution >= 0.6 is 0 Å². The maximum absolute atomic E-state index is 13.4. The molecule has 1 atom stereocenters. The zero-order chi connectivity index (χ0) is 25.4. The highest BCUT2D eigenvalue weighted by molar-refractivity contribution is 5.87. The molecule has 11 heteroatoms. The van der Waals surface area contributed by atoms with E-state index in [4.69, 9.17) is 4.74 Å². The van der Waals surface area contributed by atoms with Crippen molar-refractivity contribution in [1.82, 2.24) is 4.98 Å². The van der Waals surface area contributed by atoms with Gasteiger partial charge < -0.3 is 14.6 Å². The van der Waals surface area contributed by atoms with Gasteiger partial charge in [0.05, 0.1) is 19.9 Å². The van der Waals surface area contributed by atoms with E-state index in [-0.39, 0.29) is 36.5 Å². The number of halogens is 6. The SMILES string of the molecule is CCC/C(C)=C/C(=C\C[C@@H](C)COc1ccc(C(=O)OC)nc1)C(O)(C(F)(F)F)C(F)(F)F. The fourth-order valence-electron chi connectivity index (χ4n) is 2.86. The highest BCUT2D eigenvalue weighted by Crippen LogP contribution is 2.48. The molecule has 1 rings (SSSR count). The number of hydrogen-bond acceptors (Lipinski definition) is 5. The fraction of sp³-hybridized carbons (Fsp3) is 0.545. The van der Waals surface area contributed by atoms with Gasteiger partial charge in [-0.25, -0.2) is 9.78 Å². The van der Waals surface area contributed by atoms with E-state index in [9.17, 15) is 36.2 Å². The molecule has 1 aromatic heterocycles. The van der Waals surface area contributed by atoms with Gasteiger partial charge >= 0.3 is 18.3 Å². The summed E-state index contributed by atoms with van der Waals surface area (Å²) in [7, 11) is 1.19. The lowest BCUT2D eigenvalue weighted by Crippen LogP contribution is -2.58. The predicted octanol–water partition coefficient (Wildman–Crippen LogP) is 5.80. The number of nitrogens with zero attached hydrogens (tertiary/aromatic N) is 1. The fourth-order valence-corrected chi connectivity index (χ4v) is 2.86. The smallest absolute Gasteiger partial charge is 0.430 e. The van der Waals surface area contributed by atoms with E-state index in [0.717, 1.165) is 12.2 Å². The third-order valence-corrected chi connectivity index (χ3v) is 4.69. The van der Waals surface area contributed by atoms with Gasteiger partial charge in [0.1, 0.15) is 11.4 Å². The predicted molar refractivity (Wildman–Crippen MR) is 109 cm³/mol. The van der Waals surface area contributed by atoms with Gasteiger partial charge in [0, 0.05) is 0 Å². The number of esters is 1. The summed E-state index contributed by atoms with van der Waals surface area (Å²) in [6.07, 6.45) is -8.65. The van der Waals surface area contributed by atoms with Crippen LogP contribution in [0.2, 0.25) is 0 Å². The molecular formula is C22H27F6NO4. The molecule has 0 radical (unpaired) electrons. The van der Waals surface area contributed by atoms with Crippen molar-refractivity contribution in [3.63, 3.8) is 0 Å². The second-order valence-electron chi connectivity index (χ2n) is 7.63. The van der Waals surface area contributed by atoms with Gasteiger partial charge in [-0.3, -0.25) is 0 Å². The van der Waals surface area contributed by atoms with Crippen molar-refractivity contribution < 1.29 is 45.7 Å². The summed E-state index contributed by atoms with van der Waals surface area (Å²) in [6.45, 7) is 4.64. The summed E-state index contributed by atoms with van der Waals surface area (Å²) in [6, 6.07) is 2.77. The number of aromatic nitrogens is 1. The summed E-state index contributed by atoms with van der Waals surface area (Å²) in [4.78, 5) is 15.2. The van der Waals surface area contributed by atoms with Crippen LogP contribution < -0.4 is 4.74 Å². The molecule has 0 amide bonds. The molecule has 0 aliphatic rings. The number of carbonyl (C=O) groups is 1. The van der Waals surface area contributed by atoms with E-state index in [1.807, 2.05) is 0 Å². The van der Waals surface area contributed by atoms with Gasteiger partial charge in [-0.2, -0.15) is 26.3 Å². The monoisotopic (exact) mass is 483 g/mol. The van der Waals surface area contributed by atoms with Gasteiger partial charge in [0.25, 0.3) is 5.60 Å². The number of alkyl halides is 6. The second-order valence-corrected chi connectivity index (χ2v) is 7.63. The average molecular weight is 483 g/mol. The lowest BCUT2D eigenvalue weighted by atomic mass is 9.88. The number of methoxy groups -OCH3 is 1. The second kappa shape index (κ2) is 11.5. The van der Waals surface area contributed by atoms with Crippen molar-refractivity contribution >= 4 is 5.97 Å². The number of aliphatic hydroxyl groups is 1. The Hall–Kier alpha value is -2.56. The molecule has 0 spiro atoms. The Kier molecular flexibility index (Phi) is 9.95. The summed E-state index contributed by atoms with van der Waals surface area (Å²) >= 11 is 0. The Morgan fingerprint density at radius 1 is 1.18 bits per heavy atom. The van der Waals surface area contributed by atoms with Crippen molar-refractivity contribution in [2.75, 3.05) is 13.7 Å². The molecule has 0 saturated heterocycles. The van der Waals surface area contributed by atoms with E-state index in [1.54, 1.807) is 13.8 Å². The van der Waals surface area contributed by atoms with Crippen molar-refractivity contribution in [2.45, 2.75) is 58.0 Å². The standard InChI is InChI=1S/C22H27F6NO4/c1-5-6-14(2)11-16(20(31,21(23,24)25)22(26,27)28)8-7-15(3)13-33-17-9-10-18(29-12-17)19(30)32-4/h8-12,15,31H,5-7,13H2,1-4H3/b14-11+,16-8+/t15-/m1/s1. The van der Waals surface area contributed by atoms with Gasteiger partial charge in [-0.05, 0) is 43.4 Å². The van der Waals surface area contributed by atoms with Crippen LogP contribution in [-0.2, 0) is 4.74 Å². The van der Waals surface area contributed by atoms with Crippen LogP contribution in [0.1, 0.15) is 50.5 Å². The van der Waals surface area contributed by atoms with Crippen LogP contribution in [0.15, 0.2) is 41.6 Å². The van der Waals surface area contributed by atoms with Crippen molar-refractivity contribution in [3.05, 3.63) is 47.3 Å². The topological polar surface area (TPSA) is 68.7 Å². The molecule has 186 valence electrons. The zero-order valence-corrected chi connectivity index (χ0v) is 18.7. The van der Waals surface area contributed by atoms with Crippen LogP contribution in [-0.4, -0.2) is 47.7 Å². The number of allylic oxidation sites excluding steroid dienone is 2. The highest BCUT2D eigenvalue weighted by atomic mass is 19.4. The molecule has 0 saturated carbocycles. The molecule has 5 nitrogen and oxygen atoms in total. The first-order valence-electron chi connectivity index (χ1n) is 10.1. The average Bonchev–Trinajstić information content (AvgIpc) is 2.72. The molecule has 0 aliphatic carbocycles. The molecule has 1 aromatic rings. The summed E-state index contributed by atoms with van der Waals surface area (Å²) < 4.78 is 90.3. The number of ether oxygens (including phenoxy) is 2. The van der Waals surface area contributed by atoms with Gasteiger partial charge in [-0.1, -0.05) is 38.0 Å². The molecule has 0 aliphatic heterocycles. The Labute approximate surface area is 188 Å². The van der Waals surface area contributed by atoms with Crippen LogP contribution in [0.3, 0.4) is 0 Å². The number of pyridine rings is 1. The Bertz CT molecular complexity index is 830. The number of rotatable bonds is 10. The van der Waals surface area contributed by atoms with Crippen LogP contribution in [0, 0.1) is 5.92 Å². The lowest BCUT2D eigenvalue weighted by molar-refractivity contribution is -0.351. The van der Waals surface area contributed by atoms with E-state index in [2.05, 4.69) is 9.72 Å². The maximum atomic E-state index is 13.4. The largest absolute Gasteiger partial charge is 0.492 e. The zero-order valence-electron chi connectivity index (χ0n) is 18.7. The third-order valence-electron chi connectivity index (χ3n) is 4.69. The Morgan fingerprint density at radius 3 is 2.24 bits per heavy atom. The van der Waals surface area contributed by atoms with Gasteiger partial charge in [-0.15, -0.1) is 0 Å².